The van der Waals surface area contributed by atoms with E-state index in [-0.39, 0.29) is 22.3 Å². The lowest BCUT2D eigenvalue weighted by atomic mass is 10.1. The molecule has 0 atom stereocenters. The molecule has 0 unspecified atom stereocenters. The van der Waals surface area contributed by atoms with Crippen LogP contribution in [0.4, 0.5) is 0 Å². The standard InChI is InChI=1S/C19H16N2O6/c1-25-17(22)14-13-10-9-12(11-7-5-4-6-8-11)20-21(13)16(19(24)27-3)15(14)18(23)26-2/h4-10H,1-3H3. The first-order valence-corrected chi connectivity index (χ1v) is 7.89. The molecular formula is C19H16N2O6. The Morgan fingerprint density at radius 3 is 1.96 bits per heavy atom. The molecule has 0 spiro atoms. The van der Waals surface area contributed by atoms with E-state index >= 15 is 0 Å². The van der Waals surface area contributed by atoms with Crippen LogP contribution < -0.4 is 0 Å². The maximum atomic E-state index is 12.4. The number of benzene rings is 1. The average molecular weight is 368 g/mol. The topological polar surface area (TPSA) is 96.2 Å². The molecule has 2 heterocycles. The van der Waals surface area contributed by atoms with Gasteiger partial charge in [0.2, 0.25) is 0 Å². The highest BCUT2D eigenvalue weighted by molar-refractivity contribution is 6.14. The van der Waals surface area contributed by atoms with Gasteiger partial charge in [-0.05, 0) is 12.1 Å². The molecule has 8 heteroatoms. The van der Waals surface area contributed by atoms with Crippen molar-refractivity contribution in [2.75, 3.05) is 21.3 Å². The van der Waals surface area contributed by atoms with Gasteiger partial charge in [0.1, 0.15) is 11.1 Å². The number of ether oxygens (including phenoxy) is 3. The largest absolute Gasteiger partial charge is 0.465 e. The number of carbonyl (C=O) groups excluding carboxylic acids is 3. The number of fused-ring (bicyclic) bond motifs is 1. The Labute approximate surface area is 154 Å². The van der Waals surface area contributed by atoms with E-state index in [1.165, 1.54) is 18.7 Å². The summed E-state index contributed by atoms with van der Waals surface area (Å²) in [6, 6.07) is 12.5. The van der Waals surface area contributed by atoms with E-state index in [0.717, 1.165) is 12.7 Å². The van der Waals surface area contributed by atoms with Gasteiger partial charge < -0.3 is 14.2 Å². The van der Waals surface area contributed by atoms with Crippen LogP contribution in [0.2, 0.25) is 0 Å². The molecule has 0 radical (unpaired) electrons. The normalized spacial score (nSPS) is 10.5. The fourth-order valence-corrected chi connectivity index (χ4v) is 2.79. The lowest BCUT2D eigenvalue weighted by Gasteiger charge is -2.05. The lowest BCUT2D eigenvalue weighted by Crippen LogP contribution is -2.16. The fraction of sp³-hybridized carbons (Fsp3) is 0.158. The third kappa shape index (κ3) is 3.01. The van der Waals surface area contributed by atoms with Gasteiger partial charge in [-0.3, -0.25) is 0 Å². The van der Waals surface area contributed by atoms with Gasteiger partial charge in [0.15, 0.2) is 5.69 Å². The van der Waals surface area contributed by atoms with Crippen molar-refractivity contribution in [3.63, 3.8) is 0 Å². The molecule has 0 bridgehead atoms. The summed E-state index contributed by atoms with van der Waals surface area (Å²) in [5.41, 5.74) is 0.977. The van der Waals surface area contributed by atoms with E-state index in [1.54, 1.807) is 12.1 Å². The number of carbonyl (C=O) groups is 3. The molecular weight excluding hydrogens is 352 g/mol. The quantitative estimate of drug-likeness (QED) is 0.515. The van der Waals surface area contributed by atoms with Crippen LogP contribution in [0.3, 0.4) is 0 Å². The van der Waals surface area contributed by atoms with Gasteiger partial charge in [-0.2, -0.15) is 5.10 Å². The summed E-state index contributed by atoms with van der Waals surface area (Å²) in [4.78, 5) is 37.1. The summed E-state index contributed by atoms with van der Waals surface area (Å²) >= 11 is 0. The minimum Gasteiger partial charge on any atom is -0.465 e. The van der Waals surface area contributed by atoms with Crippen molar-refractivity contribution in [1.29, 1.82) is 0 Å². The van der Waals surface area contributed by atoms with Crippen LogP contribution in [0, 0.1) is 0 Å². The summed E-state index contributed by atoms with van der Waals surface area (Å²) in [7, 11) is 3.49. The van der Waals surface area contributed by atoms with Gasteiger partial charge >= 0.3 is 17.9 Å². The fourth-order valence-electron chi connectivity index (χ4n) is 2.79. The first-order chi connectivity index (χ1) is 13.0. The predicted molar refractivity (Wildman–Crippen MR) is 94.6 cm³/mol. The van der Waals surface area contributed by atoms with Gasteiger partial charge in [-0.15, -0.1) is 0 Å². The van der Waals surface area contributed by atoms with Crippen LogP contribution in [-0.2, 0) is 14.2 Å². The van der Waals surface area contributed by atoms with Crippen LogP contribution in [0.15, 0.2) is 42.5 Å². The highest BCUT2D eigenvalue weighted by Gasteiger charge is 2.34. The van der Waals surface area contributed by atoms with Crippen LogP contribution >= 0.6 is 0 Å². The second-order valence-corrected chi connectivity index (χ2v) is 5.45. The van der Waals surface area contributed by atoms with Crippen molar-refractivity contribution in [3.05, 3.63) is 59.3 Å². The molecule has 0 aliphatic carbocycles. The van der Waals surface area contributed by atoms with Crippen molar-refractivity contribution in [2.45, 2.75) is 0 Å². The highest BCUT2D eigenvalue weighted by Crippen LogP contribution is 2.28. The number of methoxy groups -OCH3 is 3. The van der Waals surface area contributed by atoms with Crippen LogP contribution in [0.5, 0.6) is 0 Å². The maximum absolute atomic E-state index is 12.4. The summed E-state index contributed by atoms with van der Waals surface area (Å²) in [6.07, 6.45) is 0. The first-order valence-electron chi connectivity index (χ1n) is 7.89. The number of esters is 3. The number of hydrogen-bond acceptors (Lipinski definition) is 7. The third-order valence-corrected chi connectivity index (χ3v) is 4.02. The second kappa shape index (κ2) is 7.28. The van der Waals surface area contributed by atoms with Crippen molar-refractivity contribution in [3.8, 4) is 11.3 Å². The van der Waals surface area contributed by atoms with Crippen LogP contribution in [-0.4, -0.2) is 48.9 Å². The smallest absolute Gasteiger partial charge is 0.357 e. The van der Waals surface area contributed by atoms with Crippen molar-refractivity contribution < 1.29 is 28.6 Å². The monoisotopic (exact) mass is 368 g/mol. The Morgan fingerprint density at radius 1 is 0.778 bits per heavy atom. The van der Waals surface area contributed by atoms with E-state index in [9.17, 15) is 14.4 Å². The zero-order valence-electron chi connectivity index (χ0n) is 14.9. The Kier molecular flexibility index (Phi) is 4.89. The molecule has 138 valence electrons. The van der Waals surface area contributed by atoms with Gasteiger partial charge in [0.25, 0.3) is 0 Å². The minimum absolute atomic E-state index is 0.114. The molecule has 0 aliphatic rings. The van der Waals surface area contributed by atoms with Gasteiger partial charge in [-0.1, -0.05) is 30.3 Å². The van der Waals surface area contributed by atoms with E-state index in [4.69, 9.17) is 14.2 Å². The number of hydrogen-bond donors (Lipinski definition) is 0. The molecule has 0 aliphatic heterocycles. The molecule has 2 aromatic heterocycles. The van der Waals surface area contributed by atoms with E-state index in [1.807, 2.05) is 30.3 Å². The Bertz CT molecular complexity index is 1040. The average Bonchev–Trinajstić information content (AvgIpc) is 3.07. The molecule has 8 nitrogen and oxygen atoms in total. The molecule has 0 fully saturated rings. The van der Waals surface area contributed by atoms with E-state index < -0.39 is 17.9 Å². The Morgan fingerprint density at radius 2 is 1.37 bits per heavy atom. The number of nitrogens with zero attached hydrogens (tertiary/aromatic N) is 2. The highest BCUT2D eigenvalue weighted by atomic mass is 16.5. The molecule has 27 heavy (non-hydrogen) atoms. The van der Waals surface area contributed by atoms with Crippen molar-refractivity contribution in [2.24, 2.45) is 0 Å². The number of rotatable bonds is 4. The second-order valence-electron chi connectivity index (χ2n) is 5.45. The molecule has 3 aromatic rings. The first kappa shape index (κ1) is 18.1. The molecule has 0 saturated heterocycles. The zero-order chi connectivity index (χ0) is 19.6. The number of aromatic nitrogens is 2. The summed E-state index contributed by atoms with van der Waals surface area (Å²) in [5, 5.41) is 4.43. The maximum Gasteiger partial charge on any atom is 0.357 e. The zero-order valence-corrected chi connectivity index (χ0v) is 14.9. The van der Waals surface area contributed by atoms with Crippen LogP contribution in [0.1, 0.15) is 31.2 Å². The third-order valence-electron chi connectivity index (χ3n) is 4.02. The SMILES string of the molecule is COC(=O)c1c(C(=O)OC)c2ccc(-c3ccccc3)nn2c1C(=O)OC. The lowest BCUT2D eigenvalue weighted by molar-refractivity contribution is 0.0536. The molecule has 3 rings (SSSR count). The van der Waals surface area contributed by atoms with E-state index in [2.05, 4.69) is 5.10 Å². The summed E-state index contributed by atoms with van der Waals surface area (Å²) in [5.74, 6) is -2.50. The Balaban J connectivity index is 2.41. The predicted octanol–water partition coefficient (Wildman–Crippen LogP) is 2.36. The molecule has 1 aromatic carbocycles. The summed E-state index contributed by atoms with van der Waals surface area (Å²) in [6.45, 7) is 0. The molecule has 0 amide bonds. The summed E-state index contributed by atoms with van der Waals surface area (Å²) < 4.78 is 15.5. The van der Waals surface area contributed by atoms with Crippen molar-refractivity contribution >= 4 is 23.4 Å². The van der Waals surface area contributed by atoms with Gasteiger partial charge in [-0.25, -0.2) is 18.9 Å². The minimum atomic E-state index is -0.873. The van der Waals surface area contributed by atoms with E-state index in [0.29, 0.717) is 5.69 Å². The molecule has 0 saturated carbocycles. The van der Waals surface area contributed by atoms with Crippen LogP contribution in [0.25, 0.3) is 16.8 Å². The Hall–Kier alpha value is -3.68. The van der Waals surface area contributed by atoms with Gasteiger partial charge in [0, 0.05) is 5.56 Å². The molecule has 0 N–H and O–H groups in total. The van der Waals surface area contributed by atoms with Gasteiger partial charge in [0.05, 0.1) is 32.5 Å². The van der Waals surface area contributed by atoms with Crippen molar-refractivity contribution in [1.82, 2.24) is 9.61 Å².